The number of aromatic nitrogens is 2. The fourth-order valence-corrected chi connectivity index (χ4v) is 1.80. The Kier molecular flexibility index (Phi) is 4.65. The van der Waals surface area contributed by atoms with Crippen LogP contribution in [0.15, 0.2) is 35.4 Å². The van der Waals surface area contributed by atoms with Crippen molar-refractivity contribution in [3.8, 4) is 0 Å². The summed E-state index contributed by atoms with van der Waals surface area (Å²) in [4.78, 5) is 27.8. The predicted molar refractivity (Wildman–Crippen MR) is 77.6 cm³/mol. The van der Waals surface area contributed by atoms with Gasteiger partial charge in [-0.25, -0.2) is 13.8 Å². The van der Waals surface area contributed by atoms with E-state index < -0.39 is 17.5 Å². The molecule has 0 saturated heterocycles. The lowest BCUT2D eigenvalue weighted by molar-refractivity contribution is -0.116. The molecule has 5 nitrogen and oxygen atoms in total. The van der Waals surface area contributed by atoms with Crippen LogP contribution in [0.4, 0.5) is 14.5 Å². The maximum atomic E-state index is 13.0. The molecule has 0 bridgehead atoms. The van der Waals surface area contributed by atoms with E-state index in [1.54, 1.807) is 0 Å². The molecule has 2 aromatic rings. The number of hydrogen-bond acceptors (Lipinski definition) is 3. The molecule has 0 fully saturated rings. The van der Waals surface area contributed by atoms with E-state index >= 15 is 0 Å². The maximum Gasteiger partial charge on any atom is 0.254 e. The summed E-state index contributed by atoms with van der Waals surface area (Å²) in [7, 11) is 0. The second-order valence-corrected chi connectivity index (χ2v) is 5.11. The molecule has 1 amide bonds. The maximum absolute atomic E-state index is 13.0. The molecule has 0 saturated carbocycles. The summed E-state index contributed by atoms with van der Waals surface area (Å²) in [5.74, 6) is -2.48. The summed E-state index contributed by atoms with van der Waals surface area (Å²) in [5.41, 5.74) is 0.408. The number of halogens is 2. The minimum Gasteiger partial charge on any atom is -0.324 e. The first-order valence-corrected chi connectivity index (χ1v) is 6.68. The van der Waals surface area contributed by atoms with E-state index in [9.17, 15) is 18.4 Å². The Morgan fingerprint density at radius 1 is 1.27 bits per heavy atom. The molecule has 1 N–H and O–H groups in total. The number of carbonyl (C=O) groups excluding carboxylic acids is 1. The van der Waals surface area contributed by atoms with Crippen LogP contribution in [0.2, 0.25) is 0 Å². The molecule has 0 radical (unpaired) electrons. The second-order valence-electron chi connectivity index (χ2n) is 5.11. The summed E-state index contributed by atoms with van der Waals surface area (Å²) in [6, 6.07) is 4.39. The molecule has 7 heteroatoms. The zero-order chi connectivity index (χ0) is 16.3. The Hall–Kier alpha value is -2.57. The standard InChI is InChI=1S/C15H15F2N3O2/c1-9(2)13-6-15(22)20(8-18-13)7-14(21)19-10-3-4-11(16)12(17)5-10/h3-6,8-9H,7H2,1-2H3,(H,19,21). The van der Waals surface area contributed by atoms with Gasteiger partial charge in [-0.3, -0.25) is 14.2 Å². The highest BCUT2D eigenvalue weighted by Gasteiger charge is 2.09. The molecule has 22 heavy (non-hydrogen) atoms. The Balaban J connectivity index is 2.09. The van der Waals surface area contributed by atoms with Gasteiger partial charge in [0.25, 0.3) is 5.56 Å². The van der Waals surface area contributed by atoms with Gasteiger partial charge in [0.1, 0.15) is 6.54 Å². The smallest absolute Gasteiger partial charge is 0.254 e. The van der Waals surface area contributed by atoms with Crippen LogP contribution in [0, 0.1) is 11.6 Å². The van der Waals surface area contributed by atoms with Crippen molar-refractivity contribution in [3.63, 3.8) is 0 Å². The average molecular weight is 307 g/mol. The van der Waals surface area contributed by atoms with Gasteiger partial charge < -0.3 is 5.32 Å². The van der Waals surface area contributed by atoms with Crippen LogP contribution in [-0.2, 0) is 11.3 Å². The molecular formula is C15H15F2N3O2. The van der Waals surface area contributed by atoms with Crippen molar-refractivity contribution in [1.82, 2.24) is 9.55 Å². The van der Waals surface area contributed by atoms with Crippen LogP contribution in [-0.4, -0.2) is 15.5 Å². The number of benzene rings is 1. The summed E-state index contributed by atoms with van der Waals surface area (Å²) in [6.07, 6.45) is 1.29. The zero-order valence-corrected chi connectivity index (χ0v) is 12.1. The molecule has 0 aliphatic heterocycles. The fraction of sp³-hybridized carbons (Fsp3) is 0.267. The zero-order valence-electron chi connectivity index (χ0n) is 12.1. The van der Waals surface area contributed by atoms with Crippen molar-refractivity contribution >= 4 is 11.6 Å². The van der Waals surface area contributed by atoms with Crippen molar-refractivity contribution in [2.75, 3.05) is 5.32 Å². The van der Waals surface area contributed by atoms with E-state index in [0.717, 1.165) is 16.7 Å². The van der Waals surface area contributed by atoms with E-state index in [2.05, 4.69) is 10.3 Å². The topological polar surface area (TPSA) is 64.0 Å². The molecule has 0 aliphatic carbocycles. The van der Waals surface area contributed by atoms with Crippen LogP contribution in [0.3, 0.4) is 0 Å². The first-order chi connectivity index (χ1) is 10.4. The monoisotopic (exact) mass is 307 g/mol. The van der Waals surface area contributed by atoms with Gasteiger partial charge in [-0.05, 0) is 18.1 Å². The molecule has 1 heterocycles. The van der Waals surface area contributed by atoms with Crippen LogP contribution in [0.5, 0.6) is 0 Å². The van der Waals surface area contributed by atoms with Gasteiger partial charge in [0.2, 0.25) is 5.91 Å². The number of hydrogen-bond donors (Lipinski definition) is 1. The normalized spacial score (nSPS) is 10.8. The highest BCUT2D eigenvalue weighted by Crippen LogP contribution is 2.13. The molecular weight excluding hydrogens is 292 g/mol. The van der Waals surface area contributed by atoms with Crippen molar-refractivity contribution in [2.45, 2.75) is 26.3 Å². The van der Waals surface area contributed by atoms with E-state index in [-0.39, 0.29) is 23.7 Å². The number of rotatable bonds is 4. The van der Waals surface area contributed by atoms with Crippen molar-refractivity contribution in [1.29, 1.82) is 0 Å². The van der Waals surface area contributed by atoms with Gasteiger partial charge >= 0.3 is 0 Å². The third-order valence-corrected chi connectivity index (χ3v) is 3.01. The molecule has 0 aliphatic rings. The van der Waals surface area contributed by atoms with Crippen LogP contribution in [0.25, 0.3) is 0 Å². The largest absolute Gasteiger partial charge is 0.324 e. The fourth-order valence-electron chi connectivity index (χ4n) is 1.80. The highest BCUT2D eigenvalue weighted by atomic mass is 19.2. The SMILES string of the molecule is CC(C)c1cc(=O)n(CC(=O)Nc2ccc(F)c(F)c2)cn1. The minimum atomic E-state index is -1.06. The summed E-state index contributed by atoms with van der Waals surface area (Å²) >= 11 is 0. The van der Waals surface area contributed by atoms with Gasteiger partial charge in [0.15, 0.2) is 11.6 Å². The van der Waals surface area contributed by atoms with Gasteiger partial charge in [-0.15, -0.1) is 0 Å². The lowest BCUT2D eigenvalue weighted by Crippen LogP contribution is -2.28. The summed E-state index contributed by atoms with van der Waals surface area (Å²) < 4.78 is 27.0. The van der Waals surface area contributed by atoms with Crippen molar-refractivity contribution < 1.29 is 13.6 Å². The van der Waals surface area contributed by atoms with Crippen molar-refractivity contribution in [3.05, 3.63) is 58.3 Å². The molecule has 2 rings (SSSR count). The van der Waals surface area contributed by atoms with Crippen LogP contribution >= 0.6 is 0 Å². The Morgan fingerprint density at radius 2 is 2.00 bits per heavy atom. The van der Waals surface area contributed by atoms with Gasteiger partial charge in [0.05, 0.1) is 12.0 Å². The van der Waals surface area contributed by atoms with Crippen molar-refractivity contribution in [2.24, 2.45) is 0 Å². The number of amides is 1. The minimum absolute atomic E-state index is 0.110. The molecule has 0 atom stereocenters. The number of nitrogens with zero attached hydrogens (tertiary/aromatic N) is 2. The summed E-state index contributed by atoms with van der Waals surface area (Å²) in [6.45, 7) is 3.55. The Bertz CT molecular complexity index is 757. The highest BCUT2D eigenvalue weighted by molar-refractivity contribution is 5.90. The quantitative estimate of drug-likeness (QED) is 0.942. The van der Waals surface area contributed by atoms with E-state index in [1.807, 2.05) is 13.8 Å². The van der Waals surface area contributed by atoms with Gasteiger partial charge in [-0.2, -0.15) is 0 Å². The Morgan fingerprint density at radius 3 is 2.59 bits per heavy atom. The molecule has 1 aromatic carbocycles. The molecule has 1 aromatic heterocycles. The van der Waals surface area contributed by atoms with Gasteiger partial charge in [-0.1, -0.05) is 13.8 Å². The second kappa shape index (κ2) is 6.46. The number of anilines is 1. The molecule has 116 valence electrons. The van der Waals surface area contributed by atoms with E-state index in [0.29, 0.717) is 5.69 Å². The van der Waals surface area contributed by atoms with Crippen LogP contribution in [0.1, 0.15) is 25.5 Å². The first kappa shape index (κ1) is 15.8. The predicted octanol–water partition coefficient (Wildman–Crippen LogP) is 2.28. The van der Waals surface area contributed by atoms with E-state index in [1.165, 1.54) is 18.5 Å². The third-order valence-electron chi connectivity index (χ3n) is 3.01. The lowest BCUT2D eigenvalue weighted by Gasteiger charge is -2.09. The van der Waals surface area contributed by atoms with Crippen LogP contribution < -0.4 is 10.9 Å². The third kappa shape index (κ3) is 3.75. The molecule has 0 spiro atoms. The van der Waals surface area contributed by atoms with E-state index in [4.69, 9.17) is 0 Å². The Labute approximate surface area is 125 Å². The molecule has 0 unspecified atom stereocenters. The lowest BCUT2D eigenvalue weighted by atomic mass is 10.1. The average Bonchev–Trinajstić information content (AvgIpc) is 2.45. The number of carbonyl (C=O) groups is 1. The summed E-state index contributed by atoms with van der Waals surface area (Å²) in [5, 5.41) is 2.39. The van der Waals surface area contributed by atoms with Gasteiger partial charge in [0, 0.05) is 17.8 Å². The first-order valence-electron chi connectivity index (χ1n) is 6.68. The number of nitrogens with one attached hydrogen (secondary N) is 1.